The van der Waals surface area contributed by atoms with Gasteiger partial charge in [-0.1, -0.05) is 24.3 Å². The van der Waals surface area contributed by atoms with Crippen molar-refractivity contribution in [1.82, 2.24) is 9.62 Å². The third-order valence-electron chi connectivity index (χ3n) is 5.57. The van der Waals surface area contributed by atoms with Crippen molar-refractivity contribution >= 4 is 15.7 Å². The number of rotatable bonds is 8. The number of aryl methyl sites for hydroxylation is 3. The van der Waals surface area contributed by atoms with E-state index in [4.69, 9.17) is 0 Å². The van der Waals surface area contributed by atoms with Gasteiger partial charge in [0, 0.05) is 38.4 Å². The smallest absolute Gasteiger partial charge is 0.240 e. The molecular formula is C23H33N3O2S. The van der Waals surface area contributed by atoms with Crippen LogP contribution in [0.3, 0.4) is 0 Å². The maximum atomic E-state index is 12.5. The first kappa shape index (κ1) is 21.8. The number of benzene rings is 2. The first-order valence-electron chi connectivity index (χ1n) is 10.5. The Balaban J connectivity index is 1.38. The van der Waals surface area contributed by atoms with E-state index in [-0.39, 0.29) is 0 Å². The summed E-state index contributed by atoms with van der Waals surface area (Å²) in [6, 6.07) is 14.2. The zero-order chi connectivity index (χ0) is 20.9. The van der Waals surface area contributed by atoms with Gasteiger partial charge >= 0.3 is 0 Å². The van der Waals surface area contributed by atoms with Gasteiger partial charge in [-0.05, 0) is 75.0 Å². The Morgan fingerprint density at radius 2 is 1.62 bits per heavy atom. The van der Waals surface area contributed by atoms with Gasteiger partial charge in [-0.15, -0.1) is 0 Å². The fourth-order valence-electron chi connectivity index (χ4n) is 3.80. The van der Waals surface area contributed by atoms with Gasteiger partial charge in [0.15, 0.2) is 0 Å². The number of hydrogen-bond donors (Lipinski definition) is 1. The van der Waals surface area contributed by atoms with Crippen molar-refractivity contribution in [2.24, 2.45) is 0 Å². The maximum Gasteiger partial charge on any atom is 0.240 e. The van der Waals surface area contributed by atoms with E-state index in [1.165, 1.54) is 11.3 Å². The largest absolute Gasteiger partial charge is 0.369 e. The quantitative estimate of drug-likeness (QED) is 0.671. The molecule has 1 aliphatic rings. The predicted molar refractivity (Wildman–Crippen MR) is 120 cm³/mol. The molecular weight excluding hydrogens is 382 g/mol. The molecule has 0 atom stereocenters. The minimum atomic E-state index is -3.43. The summed E-state index contributed by atoms with van der Waals surface area (Å²) >= 11 is 0. The molecule has 0 bridgehead atoms. The summed E-state index contributed by atoms with van der Waals surface area (Å²) in [4.78, 5) is 5.32. The molecule has 0 amide bonds. The van der Waals surface area contributed by atoms with Crippen LogP contribution in [0.25, 0.3) is 0 Å². The van der Waals surface area contributed by atoms with Crippen LogP contribution >= 0.6 is 0 Å². The summed E-state index contributed by atoms with van der Waals surface area (Å²) in [5, 5.41) is 0. The average molecular weight is 416 g/mol. The number of unbranched alkanes of at least 4 members (excludes halogenated alkanes) is 1. The number of anilines is 1. The zero-order valence-electron chi connectivity index (χ0n) is 17.8. The minimum absolute atomic E-state index is 0.393. The summed E-state index contributed by atoms with van der Waals surface area (Å²) in [6.07, 6.45) is 1.85. The summed E-state index contributed by atoms with van der Waals surface area (Å²) in [6.45, 7) is 11.6. The van der Waals surface area contributed by atoms with Gasteiger partial charge in [0.2, 0.25) is 10.0 Å². The van der Waals surface area contributed by atoms with Crippen molar-refractivity contribution in [2.45, 2.75) is 38.5 Å². The Bertz CT molecular complexity index is 919. The van der Waals surface area contributed by atoms with Gasteiger partial charge in [0.05, 0.1) is 4.90 Å². The van der Waals surface area contributed by atoms with Crippen molar-refractivity contribution in [2.75, 3.05) is 44.2 Å². The molecule has 2 aromatic rings. The van der Waals surface area contributed by atoms with Crippen LogP contribution in [0.2, 0.25) is 0 Å². The van der Waals surface area contributed by atoms with Crippen LogP contribution in [0.4, 0.5) is 5.69 Å². The van der Waals surface area contributed by atoms with E-state index in [1.54, 1.807) is 6.07 Å². The average Bonchev–Trinajstić information content (AvgIpc) is 2.70. The fourth-order valence-corrected chi connectivity index (χ4v) is 5.20. The van der Waals surface area contributed by atoms with Crippen molar-refractivity contribution in [3.63, 3.8) is 0 Å². The molecule has 0 aliphatic carbocycles. The van der Waals surface area contributed by atoms with E-state index in [0.29, 0.717) is 11.4 Å². The number of nitrogens with one attached hydrogen (secondary N) is 1. The van der Waals surface area contributed by atoms with Crippen LogP contribution in [0.1, 0.15) is 29.5 Å². The number of nitrogens with zero attached hydrogens (tertiary/aromatic N) is 2. The van der Waals surface area contributed by atoms with Gasteiger partial charge in [0.25, 0.3) is 0 Å². The van der Waals surface area contributed by atoms with E-state index in [2.05, 4.69) is 45.7 Å². The Morgan fingerprint density at radius 3 is 2.34 bits per heavy atom. The summed E-state index contributed by atoms with van der Waals surface area (Å²) in [7, 11) is -3.43. The normalized spacial score (nSPS) is 15.6. The lowest BCUT2D eigenvalue weighted by Gasteiger charge is -2.36. The topological polar surface area (TPSA) is 52.6 Å². The molecule has 0 radical (unpaired) electrons. The maximum absolute atomic E-state index is 12.5. The standard InChI is InChI=1S/C23H33N3O2S/c1-19-7-6-8-22(17-19)26-15-13-25(14-16-26)12-5-4-11-24-29(27,28)23-18-20(2)9-10-21(23)3/h6-10,17-18,24H,4-5,11-16H2,1-3H3. The Hall–Kier alpha value is -1.89. The SMILES string of the molecule is Cc1cccc(N2CCN(CCCCNS(=O)(=O)c3cc(C)ccc3C)CC2)c1. The fraction of sp³-hybridized carbons (Fsp3) is 0.478. The summed E-state index contributed by atoms with van der Waals surface area (Å²) in [5.74, 6) is 0. The van der Waals surface area contributed by atoms with Crippen LogP contribution in [0, 0.1) is 20.8 Å². The van der Waals surface area contributed by atoms with E-state index in [9.17, 15) is 8.42 Å². The second-order valence-electron chi connectivity index (χ2n) is 8.04. The van der Waals surface area contributed by atoms with Crippen LogP contribution in [0.5, 0.6) is 0 Å². The molecule has 0 unspecified atom stereocenters. The zero-order valence-corrected chi connectivity index (χ0v) is 18.6. The molecule has 1 aliphatic heterocycles. The van der Waals surface area contributed by atoms with E-state index < -0.39 is 10.0 Å². The lowest BCUT2D eigenvalue weighted by atomic mass is 10.2. The molecule has 5 nitrogen and oxygen atoms in total. The Labute approximate surface area is 175 Å². The first-order valence-corrected chi connectivity index (χ1v) is 11.9. The van der Waals surface area contributed by atoms with E-state index in [1.807, 2.05) is 26.0 Å². The molecule has 1 N–H and O–H groups in total. The van der Waals surface area contributed by atoms with Crippen LogP contribution in [-0.4, -0.2) is 52.6 Å². The molecule has 1 saturated heterocycles. The Morgan fingerprint density at radius 1 is 0.897 bits per heavy atom. The monoisotopic (exact) mass is 415 g/mol. The highest BCUT2D eigenvalue weighted by Gasteiger charge is 2.18. The van der Waals surface area contributed by atoms with E-state index in [0.717, 1.165) is 56.7 Å². The molecule has 0 saturated carbocycles. The highest BCUT2D eigenvalue weighted by atomic mass is 32.2. The molecule has 0 spiro atoms. The van der Waals surface area contributed by atoms with Crippen molar-refractivity contribution in [1.29, 1.82) is 0 Å². The number of hydrogen-bond acceptors (Lipinski definition) is 4. The molecule has 1 heterocycles. The summed E-state index contributed by atoms with van der Waals surface area (Å²) in [5.41, 5.74) is 4.36. The minimum Gasteiger partial charge on any atom is -0.369 e. The number of sulfonamides is 1. The van der Waals surface area contributed by atoms with Gasteiger partial charge in [-0.25, -0.2) is 13.1 Å². The molecule has 158 valence electrons. The molecule has 2 aromatic carbocycles. The lowest BCUT2D eigenvalue weighted by molar-refractivity contribution is 0.253. The highest BCUT2D eigenvalue weighted by molar-refractivity contribution is 7.89. The van der Waals surface area contributed by atoms with Gasteiger partial charge in [-0.2, -0.15) is 0 Å². The van der Waals surface area contributed by atoms with Crippen LogP contribution < -0.4 is 9.62 Å². The number of piperazine rings is 1. The predicted octanol–water partition coefficient (Wildman–Crippen LogP) is 3.49. The molecule has 3 rings (SSSR count). The first-order chi connectivity index (χ1) is 13.8. The van der Waals surface area contributed by atoms with Gasteiger partial charge in [-0.3, -0.25) is 4.90 Å². The van der Waals surface area contributed by atoms with Gasteiger partial charge in [0.1, 0.15) is 0 Å². The summed E-state index contributed by atoms with van der Waals surface area (Å²) < 4.78 is 27.8. The highest BCUT2D eigenvalue weighted by Crippen LogP contribution is 2.18. The van der Waals surface area contributed by atoms with E-state index >= 15 is 0 Å². The molecule has 6 heteroatoms. The second kappa shape index (κ2) is 9.74. The molecule has 29 heavy (non-hydrogen) atoms. The van der Waals surface area contributed by atoms with Crippen molar-refractivity contribution in [3.8, 4) is 0 Å². The third-order valence-corrected chi connectivity index (χ3v) is 7.17. The Kier molecular flexibility index (Phi) is 7.33. The lowest BCUT2D eigenvalue weighted by Crippen LogP contribution is -2.46. The third kappa shape index (κ3) is 6.04. The second-order valence-corrected chi connectivity index (χ2v) is 9.78. The van der Waals surface area contributed by atoms with Crippen LogP contribution in [-0.2, 0) is 10.0 Å². The van der Waals surface area contributed by atoms with Crippen molar-refractivity contribution in [3.05, 3.63) is 59.2 Å². The molecule has 1 fully saturated rings. The van der Waals surface area contributed by atoms with Crippen molar-refractivity contribution < 1.29 is 8.42 Å². The van der Waals surface area contributed by atoms with Gasteiger partial charge < -0.3 is 4.90 Å². The van der Waals surface area contributed by atoms with Crippen LogP contribution in [0.15, 0.2) is 47.4 Å². The molecule has 0 aromatic heterocycles.